The molecule has 14 heteroatoms. The first-order valence-electron chi connectivity index (χ1n) is 13.8. The fourth-order valence-electron chi connectivity index (χ4n) is 5.71. The minimum atomic E-state index is -2.92. The molecule has 12 nitrogen and oxygen atoms in total. The van der Waals surface area contributed by atoms with Gasteiger partial charge in [-0.15, -0.1) is 0 Å². The lowest BCUT2D eigenvalue weighted by Crippen LogP contribution is -2.65. The first kappa shape index (κ1) is 30.0. The molecule has 0 radical (unpaired) electrons. The Bertz CT molecular complexity index is 1160. The molecule has 0 unspecified atom stereocenters. The van der Waals surface area contributed by atoms with E-state index in [9.17, 15) is 9.90 Å². The summed E-state index contributed by atoms with van der Waals surface area (Å²) < 4.78 is 29.2. The van der Waals surface area contributed by atoms with E-state index in [-0.39, 0.29) is 40.6 Å². The quantitative estimate of drug-likeness (QED) is 0.484. The summed E-state index contributed by atoms with van der Waals surface area (Å²) in [5.41, 5.74) is 1.48. The number of rotatable bonds is 6. The van der Waals surface area contributed by atoms with Crippen molar-refractivity contribution in [2.24, 2.45) is 0 Å². The lowest BCUT2D eigenvalue weighted by molar-refractivity contribution is -0.0570. The Labute approximate surface area is 232 Å². The number of urea groups is 1. The zero-order valence-electron chi connectivity index (χ0n) is 24.7. The second kappa shape index (κ2) is 11.1. The van der Waals surface area contributed by atoms with E-state index in [0.717, 1.165) is 0 Å². The zero-order valence-corrected chi connectivity index (χ0v) is 26.7. The van der Waals surface area contributed by atoms with E-state index in [1.807, 2.05) is 0 Å². The topological polar surface area (TPSA) is 133 Å². The maximum atomic E-state index is 12.2. The molecule has 218 valence electrons. The minimum absolute atomic E-state index is 0.125. The maximum absolute atomic E-state index is 12.2. The van der Waals surface area contributed by atoms with E-state index in [1.54, 1.807) is 25.0 Å². The predicted molar refractivity (Wildman–Crippen MR) is 152 cm³/mol. The first-order valence-corrected chi connectivity index (χ1v) is 17.7. The van der Waals surface area contributed by atoms with Gasteiger partial charge >= 0.3 is 23.2 Å². The van der Waals surface area contributed by atoms with Crippen LogP contribution in [0.1, 0.15) is 61.6 Å². The van der Waals surface area contributed by atoms with Crippen LogP contribution in [0, 0.1) is 0 Å². The summed E-state index contributed by atoms with van der Waals surface area (Å²) in [6.45, 7) is 17.5. The van der Waals surface area contributed by atoms with Crippen LogP contribution in [0.2, 0.25) is 22.2 Å². The highest BCUT2D eigenvalue weighted by Gasteiger charge is 2.61. The summed E-state index contributed by atoms with van der Waals surface area (Å²) in [5.74, 6) is 0.277. The van der Waals surface area contributed by atoms with Gasteiger partial charge in [0.25, 0.3) is 0 Å². The van der Waals surface area contributed by atoms with Gasteiger partial charge in [0.15, 0.2) is 23.2 Å². The Morgan fingerprint density at radius 1 is 1.03 bits per heavy atom. The fourth-order valence-corrected chi connectivity index (χ4v) is 16.9. The molecule has 2 fully saturated rings. The van der Waals surface area contributed by atoms with E-state index in [4.69, 9.17) is 17.7 Å². The molecule has 0 saturated carbocycles. The summed E-state index contributed by atoms with van der Waals surface area (Å²) >= 11 is 0. The van der Waals surface area contributed by atoms with Gasteiger partial charge < -0.3 is 27.7 Å². The van der Waals surface area contributed by atoms with Crippen molar-refractivity contribution in [3.63, 3.8) is 0 Å². The third-order valence-corrected chi connectivity index (χ3v) is 18.2. The second-order valence-electron chi connectivity index (χ2n) is 12.0. The molecule has 4 rings (SSSR count). The van der Waals surface area contributed by atoms with Crippen LogP contribution < -0.4 is 5.32 Å². The number of hydrogen-bond acceptors (Lipinski definition) is 9. The van der Waals surface area contributed by atoms with Crippen molar-refractivity contribution >= 4 is 40.1 Å². The molecule has 39 heavy (non-hydrogen) atoms. The molecule has 0 aromatic carbocycles. The minimum Gasteiger partial charge on any atom is -0.414 e. The van der Waals surface area contributed by atoms with Crippen LogP contribution in [0.3, 0.4) is 0 Å². The Balaban J connectivity index is 1.73. The molecule has 0 spiro atoms. The largest absolute Gasteiger partial charge is 0.414 e. The normalized spacial score (nSPS) is 26.7. The van der Waals surface area contributed by atoms with Gasteiger partial charge in [-0.25, -0.2) is 19.7 Å². The number of aliphatic hydroxyl groups is 1. The number of carbonyl (C=O) groups excluding carboxylic acids is 1. The van der Waals surface area contributed by atoms with E-state index in [2.05, 4.69) is 75.7 Å². The smallest absolute Gasteiger partial charge is 0.335 e. The number of hydrogen-bond donors (Lipinski definition) is 2. The lowest BCUT2D eigenvalue weighted by atomic mass is 10.1. The molecule has 2 aromatic rings. The molecule has 4 atom stereocenters. The number of aliphatic hydroxyl groups excluding tert-OH is 1. The molecule has 2 saturated heterocycles. The van der Waals surface area contributed by atoms with Gasteiger partial charge in [0.2, 0.25) is 0 Å². The van der Waals surface area contributed by atoms with Crippen molar-refractivity contribution < 1.29 is 27.6 Å². The molecule has 4 heterocycles. The van der Waals surface area contributed by atoms with E-state index < -0.39 is 41.7 Å². The third-order valence-electron chi connectivity index (χ3n) is 7.91. The van der Waals surface area contributed by atoms with Crippen LogP contribution in [0.4, 0.5) is 10.6 Å². The number of nitrogens with one attached hydrogen (secondary N) is 1. The SMILES string of the molecule is CC(C)[Si]1(C(C)C)OC[C@H]2O[C@@H](n3cnc4c(NC(=O)N(C)C)ncnc43)[C@H](O)[C@@H]2O[Si](C(C)C)(C(C)C)O1. The average Bonchev–Trinajstić information content (AvgIpc) is 3.39. The molecular formula is C25H44N6O6Si2. The summed E-state index contributed by atoms with van der Waals surface area (Å²) in [5, 5.41) is 14.4. The highest BCUT2D eigenvalue weighted by atomic mass is 28.5. The van der Waals surface area contributed by atoms with E-state index in [1.165, 1.54) is 11.2 Å². The predicted octanol–water partition coefficient (Wildman–Crippen LogP) is 4.13. The molecule has 2 aliphatic heterocycles. The van der Waals surface area contributed by atoms with Gasteiger partial charge in [-0.2, -0.15) is 0 Å². The number of amides is 2. The van der Waals surface area contributed by atoms with Crippen LogP contribution in [0.15, 0.2) is 12.7 Å². The first-order chi connectivity index (χ1) is 18.2. The van der Waals surface area contributed by atoms with Crippen LogP contribution in [0.25, 0.3) is 11.2 Å². The van der Waals surface area contributed by atoms with Gasteiger partial charge in [-0.05, 0) is 22.2 Å². The van der Waals surface area contributed by atoms with Gasteiger partial charge in [0.05, 0.1) is 12.9 Å². The molecular weight excluding hydrogens is 536 g/mol. The number of fused-ring (bicyclic) bond motifs is 2. The molecule has 0 bridgehead atoms. The van der Waals surface area contributed by atoms with Crippen LogP contribution in [-0.4, -0.2) is 91.7 Å². The summed E-state index contributed by atoms with van der Waals surface area (Å²) in [6.07, 6.45) is -0.0963. The third kappa shape index (κ3) is 5.16. The van der Waals surface area contributed by atoms with E-state index >= 15 is 0 Å². The molecule has 2 aromatic heterocycles. The average molecular weight is 581 g/mol. The van der Waals surface area contributed by atoms with Crippen molar-refractivity contribution in [2.75, 3.05) is 26.0 Å². The molecule has 2 N–H and O–H groups in total. The monoisotopic (exact) mass is 580 g/mol. The number of nitrogens with zero attached hydrogens (tertiary/aromatic N) is 5. The van der Waals surface area contributed by atoms with Crippen LogP contribution in [0.5, 0.6) is 0 Å². The van der Waals surface area contributed by atoms with Crippen molar-refractivity contribution in [1.82, 2.24) is 24.4 Å². The van der Waals surface area contributed by atoms with Gasteiger partial charge in [0, 0.05) is 14.1 Å². The Morgan fingerprint density at radius 3 is 2.21 bits per heavy atom. The fraction of sp³-hybridized carbons (Fsp3) is 0.760. The van der Waals surface area contributed by atoms with Crippen LogP contribution in [-0.2, 0) is 17.7 Å². The number of carbonyl (C=O) groups is 1. The summed E-state index contributed by atoms with van der Waals surface area (Å²) in [6, 6.07) is -0.336. The van der Waals surface area contributed by atoms with Crippen molar-refractivity contribution in [3.05, 3.63) is 12.7 Å². The van der Waals surface area contributed by atoms with Crippen molar-refractivity contribution in [3.8, 4) is 0 Å². The standard InChI is InChI=1S/C25H44N6O6Si2/c1-14(2)38(15(3)4)34-11-18-21(36-39(37-38,16(5)6)17(7)8)20(32)24(35-18)31-13-28-19-22(26-12-27-23(19)31)29-25(33)30(9)10/h12-18,20-21,24,32H,11H2,1-10H3,(H,26,27,29,33)/t18-,20-,21-,24-/m1/s1. The van der Waals surface area contributed by atoms with E-state index in [0.29, 0.717) is 11.2 Å². The summed E-state index contributed by atoms with van der Waals surface area (Å²) in [4.78, 5) is 26.7. The zero-order chi connectivity index (χ0) is 28.9. The maximum Gasteiger partial charge on any atom is 0.335 e. The van der Waals surface area contributed by atoms with Crippen molar-refractivity contribution in [2.45, 2.75) is 102 Å². The Hall–Kier alpha value is -1.95. The van der Waals surface area contributed by atoms with Crippen LogP contribution >= 0.6 is 0 Å². The summed E-state index contributed by atoms with van der Waals surface area (Å²) in [7, 11) is -2.38. The highest BCUT2D eigenvalue weighted by molar-refractivity contribution is 6.84. The van der Waals surface area contributed by atoms with Crippen molar-refractivity contribution in [1.29, 1.82) is 0 Å². The lowest BCUT2D eigenvalue weighted by Gasteiger charge is -2.51. The Kier molecular flexibility index (Phi) is 8.58. The number of imidazole rings is 1. The molecule has 0 aliphatic carbocycles. The van der Waals surface area contributed by atoms with Gasteiger partial charge in [0.1, 0.15) is 24.6 Å². The second-order valence-corrected chi connectivity index (χ2v) is 20.8. The van der Waals surface area contributed by atoms with Gasteiger partial charge in [-0.1, -0.05) is 55.4 Å². The van der Waals surface area contributed by atoms with Gasteiger partial charge in [-0.3, -0.25) is 9.88 Å². The number of anilines is 1. The number of aromatic nitrogens is 4. The highest BCUT2D eigenvalue weighted by Crippen LogP contribution is 2.48. The Morgan fingerprint density at radius 2 is 1.64 bits per heavy atom. The molecule has 2 amide bonds. The molecule has 2 aliphatic rings. The number of ether oxygens (including phenoxy) is 1.